The molecule has 7 rings (SSSR count). The first-order chi connectivity index (χ1) is 16.9. The van der Waals surface area contributed by atoms with Crippen LogP contribution in [0.1, 0.15) is 0 Å². The van der Waals surface area contributed by atoms with E-state index < -0.39 is 0 Å². The fraction of sp³-hybridized carbons (Fsp3) is 0. The van der Waals surface area contributed by atoms with Crippen LogP contribution in [0.2, 0.25) is 0 Å². The molecule has 2 heterocycles. The Hall–Kier alpha value is -4.70. The molecule has 158 valence electrons. The zero-order chi connectivity index (χ0) is 22.5. The maximum atomic E-state index is 4.23. The molecule has 0 saturated carbocycles. The molecule has 34 heavy (non-hydrogen) atoms. The lowest BCUT2D eigenvalue weighted by Gasteiger charge is -2.16. The summed E-state index contributed by atoms with van der Waals surface area (Å²) in [6.07, 6.45) is 10.6. The van der Waals surface area contributed by atoms with E-state index in [0.717, 1.165) is 22.3 Å². The van der Waals surface area contributed by atoms with E-state index in [4.69, 9.17) is 0 Å². The topological polar surface area (TPSA) is 51.6 Å². The van der Waals surface area contributed by atoms with Crippen molar-refractivity contribution >= 4 is 32.3 Å². The van der Waals surface area contributed by atoms with Gasteiger partial charge in [0.05, 0.1) is 0 Å². The van der Waals surface area contributed by atoms with Gasteiger partial charge in [0.25, 0.3) is 0 Å². The minimum Gasteiger partial charge on any atom is -0.244 e. The molecule has 0 saturated heterocycles. The number of benzene rings is 5. The van der Waals surface area contributed by atoms with Crippen molar-refractivity contribution in [3.8, 4) is 33.4 Å². The monoisotopic (exact) mass is 434 g/mol. The van der Waals surface area contributed by atoms with Gasteiger partial charge in [-0.2, -0.15) is 0 Å². The summed E-state index contributed by atoms with van der Waals surface area (Å²) in [5.41, 5.74) is 6.73. The minimum atomic E-state index is 1.02. The van der Waals surface area contributed by atoms with E-state index in [1.165, 1.54) is 43.4 Å². The van der Waals surface area contributed by atoms with Crippen molar-refractivity contribution in [2.45, 2.75) is 0 Å². The van der Waals surface area contributed by atoms with E-state index in [1.54, 1.807) is 12.7 Å². The van der Waals surface area contributed by atoms with Crippen LogP contribution in [0.25, 0.3) is 65.7 Å². The molecule has 4 heteroatoms. The van der Waals surface area contributed by atoms with Crippen LogP contribution in [0.15, 0.2) is 110 Å². The molecule has 0 bridgehead atoms. The van der Waals surface area contributed by atoms with E-state index in [2.05, 4.69) is 92.7 Å². The van der Waals surface area contributed by atoms with Crippen LogP contribution in [0.3, 0.4) is 0 Å². The van der Waals surface area contributed by atoms with Crippen molar-refractivity contribution in [3.05, 3.63) is 110 Å². The van der Waals surface area contributed by atoms with Crippen LogP contribution in [0, 0.1) is 0 Å². The normalized spacial score (nSPS) is 11.5. The van der Waals surface area contributed by atoms with Gasteiger partial charge in [0.15, 0.2) is 0 Å². The van der Waals surface area contributed by atoms with Crippen molar-refractivity contribution in [3.63, 3.8) is 0 Å². The maximum Gasteiger partial charge on any atom is 0.115 e. The Morgan fingerprint density at radius 2 is 0.794 bits per heavy atom. The van der Waals surface area contributed by atoms with Crippen molar-refractivity contribution in [1.29, 1.82) is 0 Å². The highest BCUT2D eigenvalue weighted by Crippen LogP contribution is 2.42. The lowest BCUT2D eigenvalue weighted by atomic mass is 9.87. The summed E-state index contributed by atoms with van der Waals surface area (Å²) in [7, 11) is 0. The molecule has 0 N–H and O–H groups in total. The van der Waals surface area contributed by atoms with Crippen molar-refractivity contribution in [2.24, 2.45) is 0 Å². The summed E-state index contributed by atoms with van der Waals surface area (Å²) >= 11 is 0. The third kappa shape index (κ3) is 2.86. The second-order valence-corrected chi connectivity index (χ2v) is 8.48. The minimum absolute atomic E-state index is 1.02. The lowest BCUT2D eigenvalue weighted by Crippen LogP contribution is -1.90. The van der Waals surface area contributed by atoms with Gasteiger partial charge in [-0.1, -0.05) is 72.8 Å². The first-order valence-electron chi connectivity index (χ1n) is 11.2. The Labute approximate surface area is 196 Å². The Kier molecular flexibility index (Phi) is 4.11. The van der Waals surface area contributed by atoms with E-state index >= 15 is 0 Å². The van der Waals surface area contributed by atoms with Gasteiger partial charge < -0.3 is 0 Å². The third-order valence-electron chi connectivity index (χ3n) is 6.63. The molecule has 7 aromatic rings. The molecule has 0 spiro atoms. The Morgan fingerprint density at radius 1 is 0.353 bits per heavy atom. The number of hydrogen-bond donors (Lipinski definition) is 0. The predicted molar refractivity (Wildman–Crippen MR) is 138 cm³/mol. The fourth-order valence-electron chi connectivity index (χ4n) is 5.03. The van der Waals surface area contributed by atoms with E-state index in [-0.39, 0.29) is 0 Å². The second kappa shape index (κ2) is 7.42. The van der Waals surface area contributed by atoms with Crippen LogP contribution in [-0.4, -0.2) is 19.9 Å². The van der Waals surface area contributed by atoms with Gasteiger partial charge in [0.1, 0.15) is 12.7 Å². The molecule has 5 aromatic carbocycles. The molecule has 4 nitrogen and oxygen atoms in total. The molecule has 0 fully saturated rings. The van der Waals surface area contributed by atoms with Crippen LogP contribution in [0.5, 0.6) is 0 Å². The smallest absolute Gasteiger partial charge is 0.115 e. The summed E-state index contributed by atoms with van der Waals surface area (Å²) in [6, 6.07) is 26.4. The van der Waals surface area contributed by atoms with Gasteiger partial charge in [0.2, 0.25) is 0 Å². The fourth-order valence-corrected chi connectivity index (χ4v) is 5.03. The van der Waals surface area contributed by atoms with Gasteiger partial charge in [0, 0.05) is 35.9 Å². The summed E-state index contributed by atoms with van der Waals surface area (Å²) in [5, 5.41) is 7.56. The average molecular weight is 435 g/mol. The summed E-state index contributed by atoms with van der Waals surface area (Å²) in [4.78, 5) is 16.7. The van der Waals surface area contributed by atoms with Crippen LogP contribution in [0.4, 0.5) is 0 Å². The number of rotatable bonds is 3. The molecular weight excluding hydrogens is 416 g/mol. The quantitative estimate of drug-likeness (QED) is 0.277. The molecule has 0 unspecified atom stereocenters. The second-order valence-electron chi connectivity index (χ2n) is 8.48. The highest BCUT2D eigenvalue weighted by atomic mass is 14.8. The van der Waals surface area contributed by atoms with E-state index in [1.807, 2.05) is 24.8 Å². The zero-order valence-corrected chi connectivity index (χ0v) is 18.2. The van der Waals surface area contributed by atoms with Gasteiger partial charge in [-0.25, -0.2) is 19.9 Å². The Bertz CT molecular complexity index is 1780. The first-order valence-corrected chi connectivity index (χ1v) is 11.2. The van der Waals surface area contributed by atoms with Gasteiger partial charge in [-0.3, -0.25) is 0 Å². The predicted octanol–water partition coefficient (Wildman–Crippen LogP) is 7.17. The summed E-state index contributed by atoms with van der Waals surface area (Å²) in [5.74, 6) is 0. The Balaban J connectivity index is 1.46. The van der Waals surface area contributed by atoms with Crippen LogP contribution >= 0.6 is 0 Å². The highest BCUT2D eigenvalue weighted by molar-refractivity contribution is 6.27. The Morgan fingerprint density at radius 3 is 1.35 bits per heavy atom. The summed E-state index contributed by atoms with van der Waals surface area (Å²) in [6.45, 7) is 0. The maximum absolute atomic E-state index is 4.23. The molecule has 0 aliphatic heterocycles. The van der Waals surface area contributed by atoms with Crippen molar-refractivity contribution in [2.75, 3.05) is 0 Å². The standard InChI is InChI=1S/C30H18N4/c1-3-20(4-2-19(1)23-13-31-17-32-14-23)25-9-7-21-5-6-22-8-10-26(24-15-33-18-34-16-24)28-12-11-27(25)29(21)30(22)28/h1-18H. The molecule has 0 aliphatic carbocycles. The van der Waals surface area contributed by atoms with Gasteiger partial charge >= 0.3 is 0 Å². The molecule has 0 aliphatic rings. The number of nitrogens with zero attached hydrogens (tertiary/aromatic N) is 4. The molecule has 0 radical (unpaired) electrons. The lowest BCUT2D eigenvalue weighted by molar-refractivity contribution is 1.17. The highest BCUT2D eigenvalue weighted by Gasteiger charge is 2.15. The van der Waals surface area contributed by atoms with Gasteiger partial charge in [-0.15, -0.1) is 0 Å². The zero-order valence-electron chi connectivity index (χ0n) is 18.2. The SMILES string of the molecule is c1ncc(-c2ccc(-c3ccc4ccc5ccc(-c6cncnc6)c6ccc3c4c56)cc2)cn1. The van der Waals surface area contributed by atoms with E-state index in [0.29, 0.717) is 0 Å². The van der Waals surface area contributed by atoms with Crippen molar-refractivity contribution in [1.82, 2.24) is 19.9 Å². The van der Waals surface area contributed by atoms with Crippen molar-refractivity contribution < 1.29 is 0 Å². The third-order valence-corrected chi connectivity index (χ3v) is 6.63. The summed E-state index contributed by atoms with van der Waals surface area (Å²) < 4.78 is 0. The first kappa shape index (κ1) is 18.8. The average Bonchev–Trinajstić information content (AvgIpc) is 2.92. The molecular formula is C30H18N4. The largest absolute Gasteiger partial charge is 0.244 e. The number of aromatic nitrogens is 4. The van der Waals surface area contributed by atoms with Gasteiger partial charge in [-0.05, 0) is 54.6 Å². The van der Waals surface area contributed by atoms with E-state index in [9.17, 15) is 0 Å². The van der Waals surface area contributed by atoms with Crippen LogP contribution in [-0.2, 0) is 0 Å². The number of hydrogen-bond acceptors (Lipinski definition) is 4. The molecule has 0 atom stereocenters. The van der Waals surface area contributed by atoms with Crippen LogP contribution < -0.4 is 0 Å². The molecule has 2 aromatic heterocycles. The molecule has 0 amide bonds.